The van der Waals surface area contributed by atoms with E-state index in [4.69, 9.17) is 21.1 Å². The molecule has 6 aromatic heterocycles. The summed E-state index contributed by atoms with van der Waals surface area (Å²) in [5, 5.41) is 11.2. The molecule has 0 spiro atoms. The van der Waals surface area contributed by atoms with Gasteiger partial charge in [0, 0.05) is 103 Å². The van der Waals surface area contributed by atoms with E-state index in [-0.39, 0.29) is 76.7 Å². The normalized spacial score (nSPS) is 22.7. The van der Waals surface area contributed by atoms with Crippen molar-refractivity contribution in [1.82, 2.24) is 50.2 Å². The lowest BCUT2D eigenvalue weighted by molar-refractivity contribution is -0.224. The van der Waals surface area contributed by atoms with Gasteiger partial charge in [0.15, 0.2) is 53.2 Å². The Morgan fingerprint density at radius 2 is 0.830 bits per heavy atom. The first-order valence-corrected chi connectivity index (χ1v) is 30.3. The van der Waals surface area contributed by atoms with Crippen LogP contribution in [0.25, 0.3) is 0 Å². The van der Waals surface area contributed by atoms with E-state index in [1.54, 1.807) is 48.9 Å². The molecule has 0 aromatic carbocycles. The van der Waals surface area contributed by atoms with Crippen molar-refractivity contribution in [3.8, 4) is 0 Å². The summed E-state index contributed by atoms with van der Waals surface area (Å²) in [5.41, 5.74) is 2.51. The molecule has 6 fully saturated rings. The standard InChI is InChI=1S/2C19H20F3N7O2.C14H13ClN6O.C5H8F3NO/c2*20-19(21,22)14-11-28(7-8-31-14)16-2-1-13-17(26-16)29(12-3-6-27(13)10-12)18(30)25-15-9-23-4-5-24-15;15-11-2-1-10-13(18-11)21(9-3-6-20(10)8-9)14(22)19-12-7-16-4-5-17-12;6-5(7,8)4-3-9-1-2-10-4/h2*1-2,4-5,9,12,14H,3,6-8,10-11H2,(H,24,25,30);1-2,4-5,7,9H,3,6,8H2,(H,17,19,22);4,9H,1-3H2/t12-,14+;12-,14-;9-;/m000./s1. The van der Waals surface area contributed by atoms with Crippen molar-refractivity contribution in [2.24, 2.45) is 0 Å². The summed E-state index contributed by atoms with van der Waals surface area (Å²) in [5.74, 6) is 3.27. The molecule has 15 rings (SSSR count). The SMILES string of the molecule is FC(F)(F)C1CNCCO1.O=C(Nc1cnccn1)N1c2nc(Cl)ccc2N2CC[C@H]1C2.O=C(Nc1cnccn1)N1c2nc(N3CCO[C@@H](C(F)(F)F)C3)ccc2N2CC[C@H]1C2.O=C(Nc1cnccn1)N1c2nc(N3CCO[C@H](C(F)(F)F)C3)ccc2N2CC[C@H]1C2. The van der Waals surface area contributed by atoms with Crippen LogP contribution in [0.3, 0.4) is 0 Å². The molecule has 1 unspecified atom stereocenters. The second-order valence-electron chi connectivity index (χ2n) is 22.6. The van der Waals surface area contributed by atoms with Crippen molar-refractivity contribution in [2.75, 3.05) is 154 Å². The maximum Gasteiger partial charge on any atom is 0.416 e. The maximum atomic E-state index is 13.1. The van der Waals surface area contributed by atoms with Gasteiger partial charge in [0.25, 0.3) is 0 Å². The number of pyridine rings is 3. The van der Waals surface area contributed by atoms with Crippen LogP contribution in [0.15, 0.2) is 92.2 Å². The van der Waals surface area contributed by atoms with Crippen LogP contribution in [0.5, 0.6) is 0 Å². The Bertz CT molecular complexity index is 3480. The number of carbonyl (C=O) groups excluding carboxylic acids is 3. The lowest BCUT2D eigenvalue weighted by atomic mass is 10.2. The molecule has 6 amide bonds. The zero-order chi connectivity index (χ0) is 65.9. The summed E-state index contributed by atoms with van der Waals surface area (Å²) in [4.78, 5) is 91.0. The van der Waals surface area contributed by atoms with E-state index in [9.17, 15) is 53.9 Å². The highest BCUT2D eigenvalue weighted by Crippen LogP contribution is 2.44. The summed E-state index contributed by atoms with van der Waals surface area (Å²) < 4.78 is 128. The highest BCUT2D eigenvalue weighted by molar-refractivity contribution is 6.29. The molecular weight excluding hydrogens is 1280 g/mol. The van der Waals surface area contributed by atoms with Crippen LogP contribution >= 0.6 is 11.6 Å². The van der Waals surface area contributed by atoms with E-state index in [1.165, 1.54) is 49.6 Å². The molecule has 0 saturated carbocycles. The molecule has 9 aliphatic rings. The lowest BCUT2D eigenvalue weighted by Crippen LogP contribution is -2.50. The molecule has 4 N–H and O–H groups in total. The minimum absolute atomic E-state index is 0.0471. The first kappa shape index (κ1) is 65.1. The molecular formula is C57H61ClF9N21O6. The molecule has 500 valence electrons. The van der Waals surface area contributed by atoms with E-state index in [0.717, 1.165) is 62.5 Å². The summed E-state index contributed by atoms with van der Waals surface area (Å²) in [6.07, 6.45) is -2.55. The molecule has 6 aromatic rings. The third-order valence-electron chi connectivity index (χ3n) is 16.6. The van der Waals surface area contributed by atoms with Crippen molar-refractivity contribution >= 4 is 93.3 Å². The van der Waals surface area contributed by atoms with Crippen molar-refractivity contribution in [3.63, 3.8) is 0 Å². The number of carbonyl (C=O) groups is 3. The first-order valence-electron chi connectivity index (χ1n) is 29.9. The highest BCUT2D eigenvalue weighted by atomic mass is 35.5. The van der Waals surface area contributed by atoms with E-state index >= 15 is 0 Å². The van der Waals surface area contributed by atoms with Crippen molar-refractivity contribution in [3.05, 3.63) is 97.3 Å². The predicted molar refractivity (Wildman–Crippen MR) is 325 cm³/mol. The smallest absolute Gasteiger partial charge is 0.366 e. The molecule has 15 heterocycles. The highest BCUT2D eigenvalue weighted by Gasteiger charge is 2.48. The Hall–Kier alpha value is -9.00. The van der Waals surface area contributed by atoms with Crippen molar-refractivity contribution in [1.29, 1.82) is 0 Å². The summed E-state index contributed by atoms with van der Waals surface area (Å²) in [6.45, 7) is 4.97. The van der Waals surface area contributed by atoms with Gasteiger partial charge >= 0.3 is 36.6 Å². The number of hydrogen-bond acceptors (Lipinski definition) is 21. The number of anilines is 11. The Morgan fingerprint density at radius 1 is 0.457 bits per heavy atom. The number of alkyl halides is 9. The monoisotopic (exact) mass is 1340 g/mol. The van der Waals surface area contributed by atoms with Crippen LogP contribution in [0.4, 0.5) is 118 Å². The molecule has 37 heteroatoms. The van der Waals surface area contributed by atoms with E-state index in [2.05, 4.69) is 85.6 Å². The van der Waals surface area contributed by atoms with Gasteiger partial charge in [-0.15, -0.1) is 0 Å². The molecule has 6 saturated heterocycles. The molecule has 94 heavy (non-hydrogen) atoms. The summed E-state index contributed by atoms with van der Waals surface area (Å²) in [7, 11) is 0. The summed E-state index contributed by atoms with van der Waals surface area (Å²) >= 11 is 6.01. The molecule has 0 radical (unpaired) electrons. The number of nitrogens with one attached hydrogen (secondary N) is 4. The van der Waals surface area contributed by atoms with E-state index < -0.39 is 48.9 Å². The van der Waals surface area contributed by atoms with Crippen LogP contribution in [0, 0.1) is 0 Å². The van der Waals surface area contributed by atoms with Gasteiger partial charge in [0.1, 0.15) is 16.8 Å². The molecule has 0 aliphatic carbocycles. The fourth-order valence-corrected chi connectivity index (χ4v) is 12.4. The number of amides is 6. The third kappa shape index (κ3) is 14.7. The van der Waals surface area contributed by atoms with E-state index in [0.29, 0.717) is 71.3 Å². The Kier molecular flexibility index (Phi) is 19.1. The topological polar surface area (TPSA) is 269 Å². The molecule has 27 nitrogen and oxygen atoms in total. The van der Waals surface area contributed by atoms with Gasteiger partial charge in [-0.2, -0.15) is 39.5 Å². The largest absolute Gasteiger partial charge is 0.416 e. The number of ether oxygens (including phenoxy) is 3. The number of nitrogens with zero attached hydrogens (tertiary/aromatic N) is 17. The second-order valence-corrected chi connectivity index (χ2v) is 23.0. The number of rotatable bonds is 5. The van der Waals surface area contributed by atoms with Gasteiger partial charge in [-0.05, 0) is 55.7 Å². The third-order valence-corrected chi connectivity index (χ3v) is 16.9. The number of urea groups is 3. The quantitative estimate of drug-likeness (QED) is 0.0979. The van der Waals surface area contributed by atoms with Crippen molar-refractivity contribution < 1.29 is 68.1 Å². The fraction of sp³-hybridized carbons (Fsp3) is 0.474. The minimum Gasteiger partial charge on any atom is -0.366 e. The van der Waals surface area contributed by atoms with Gasteiger partial charge in [0.05, 0.1) is 86.7 Å². The minimum atomic E-state index is -4.44. The lowest BCUT2D eigenvalue weighted by Gasteiger charge is -2.38. The average molecular weight is 1340 g/mol. The van der Waals surface area contributed by atoms with Gasteiger partial charge in [-0.1, -0.05) is 11.6 Å². The van der Waals surface area contributed by atoms with Gasteiger partial charge < -0.3 is 44.0 Å². The van der Waals surface area contributed by atoms with Gasteiger partial charge in [0.2, 0.25) is 0 Å². The zero-order valence-electron chi connectivity index (χ0n) is 49.7. The average Bonchev–Trinajstić information content (AvgIpc) is 1.52. The van der Waals surface area contributed by atoms with E-state index in [1.807, 2.05) is 18.2 Å². The molecule has 9 aliphatic heterocycles. The van der Waals surface area contributed by atoms with Crippen LogP contribution in [0.1, 0.15) is 19.3 Å². The second kappa shape index (κ2) is 27.5. The Morgan fingerprint density at radius 3 is 1.17 bits per heavy atom. The zero-order valence-corrected chi connectivity index (χ0v) is 50.4. The predicted octanol–water partition coefficient (Wildman–Crippen LogP) is 7.23. The fourth-order valence-electron chi connectivity index (χ4n) is 12.2. The van der Waals surface area contributed by atoms with Crippen LogP contribution in [-0.2, 0) is 14.2 Å². The van der Waals surface area contributed by atoms with Gasteiger partial charge in [-0.3, -0.25) is 45.6 Å². The number of halogens is 10. The van der Waals surface area contributed by atoms with Crippen LogP contribution in [-0.4, -0.2) is 216 Å². The molecule has 6 bridgehead atoms. The van der Waals surface area contributed by atoms with Crippen molar-refractivity contribution in [2.45, 2.75) is 74.2 Å². The summed E-state index contributed by atoms with van der Waals surface area (Å²) in [6, 6.07) is 9.58. The molecule has 6 atom stereocenters. The van der Waals surface area contributed by atoms with Crippen LogP contribution in [0.2, 0.25) is 5.15 Å². The number of morpholine rings is 3. The number of fused-ring (bicyclic) bond motifs is 12. The Balaban J connectivity index is 0.000000127. The number of aromatic nitrogens is 9. The van der Waals surface area contributed by atoms with Crippen LogP contribution < -0.4 is 60.5 Å². The van der Waals surface area contributed by atoms with Gasteiger partial charge in [-0.25, -0.2) is 44.3 Å². The Labute approximate surface area is 535 Å². The maximum absolute atomic E-state index is 13.1. The first-order chi connectivity index (χ1) is 45.1. The number of hydrogen-bond donors (Lipinski definition) is 4.